The number of fused-ring (bicyclic) bond motifs is 1. The minimum absolute atomic E-state index is 0.428. The van der Waals surface area contributed by atoms with Crippen LogP contribution in [-0.4, -0.2) is 23.3 Å². The van der Waals surface area contributed by atoms with Crippen LogP contribution in [0, 0.1) is 0 Å². The number of anilines is 2. The summed E-state index contributed by atoms with van der Waals surface area (Å²) in [7, 11) is 0. The number of hydrogen-bond donors (Lipinski definition) is 2. The number of nitrogens with one attached hydrogen (secondary N) is 2. The van der Waals surface area contributed by atoms with E-state index in [0.717, 1.165) is 23.9 Å². The summed E-state index contributed by atoms with van der Waals surface area (Å²) in [5, 5.41) is 6.60. The Kier molecular flexibility index (Phi) is 2.82. The molecule has 0 unspecified atom stereocenters. The number of hydrogen-bond acceptors (Lipinski definition) is 4. The zero-order chi connectivity index (χ0) is 9.97. The van der Waals surface area contributed by atoms with Crippen LogP contribution in [0.5, 0.6) is 0 Å². The SMILES string of the molecule is CC(C)Nc1ccc2c(n1)NCCS2. The van der Waals surface area contributed by atoms with Gasteiger partial charge in [-0.3, -0.25) is 0 Å². The molecular weight excluding hydrogens is 194 g/mol. The molecule has 0 bridgehead atoms. The van der Waals surface area contributed by atoms with Crippen LogP contribution in [0.25, 0.3) is 0 Å². The average molecular weight is 209 g/mol. The van der Waals surface area contributed by atoms with E-state index in [4.69, 9.17) is 0 Å². The van der Waals surface area contributed by atoms with E-state index < -0.39 is 0 Å². The Morgan fingerprint density at radius 3 is 3.14 bits per heavy atom. The van der Waals surface area contributed by atoms with Gasteiger partial charge in [0.15, 0.2) is 0 Å². The monoisotopic (exact) mass is 209 g/mol. The van der Waals surface area contributed by atoms with E-state index >= 15 is 0 Å². The molecule has 1 aliphatic rings. The fourth-order valence-corrected chi connectivity index (χ4v) is 2.24. The van der Waals surface area contributed by atoms with Gasteiger partial charge in [0.2, 0.25) is 0 Å². The molecule has 2 heterocycles. The van der Waals surface area contributed by atoms with E-state index in [0.29, 0.717) is 6.04 Å². The van der Waals surface area contributed by atoms with Crippen molar-refractivity contribution in [3.05, 3.63) is 12.1 Å². The lowest BCUT2D eigenvalue weighted by Gasteiger charge is -2.18. The summed E-state index contributed by atoms with van der Waals surface area (Å²) in [6, 6.07) is 4.60. The van der Waals surface area contributed by atoms with E-state index in [1.54, 1.807) is 0 Å². The third-order valence-corrected chi connectivity index (χ3v) is 3.00. The van der Waals surface area contributed by atoms with E-state index in [-0.39, 0.29) is 0 Å². The minimum atomic E-state index is 0.428. The molecular formula is C10H15N3S. The molecule has 2 N–H and O–H groups in total. The highest BCUT2D eigenvalue weighted by molar-refractivity contribution is 7.99. The summed E-state index contributed by atoms with van der Waals surface area (Å²) >= 11 is 1.86. The van der Waals surface area contributed by atoms with Crippen molar-refractivity contribution in [2.45, 2.75) is 24.8 Å². The molecule has 1 aliphatic heterocycles. The van der Waals surface area contributed by atoms with Crippen LogP contribution in [0.4, 0.5) is 11.6 Å². The number of rotatable bonds is 2. The highest BCUT2D eigenvalue weighted by Gasteiger charge is 2.10. The normalized spacial score (nSPS) is 14.8. The van der Waals surface area contributed by atoms with Gasteiger partial charge in [-0.25, -0.2) is 4.98 Å². The maximum Gasteiger partial charge on any atom is 0.142 e. The third-order valence-electron chi connectivity index (χ3n) is 1.95. The van der Waals surface area contributed by atoms with Crippen LogP contribution >= 0.6 is 11.8 Å². The van der Waals surface area contributed by atoms with Crippen molar-refractivity contribution in [2.75, 3.05) is 22.9 Å². The van der Waals surface area contributed by atoms with Crippen molar-refractivity contribution in [1.82, 2.24) is 4.98 Å². The van der Waals surface area contributed by atoms with Gasteiger partial charge in [-0.2, -0.15) is 0 Å². The van der Waals surface area contributed by atoms with Gasteiger partial charge in [0.25, 0.3) is 0 Å². The quantitative estimate of drug-likeness (QED) is 0.784. The van der Waals surface area contributed by atoms with Gasteiger partial charge in [-0.05, 0) is 26.0 Å². The maximum absolute atomic E-state index is 4.51. The first-order chi connectivity index (χ1) is 6.75. The molecule has 0 aromatic carbocycles. The van der Waals surface area contributed by atoms with Gasteiger partial charge in [0.1, 0.15) is 11.6 Å². The van der Waals surface area contributed by atoms with Gasteiger partial charge >= 0.3 is 0 Å². The smallest absolute Gasteiger partial charge is 0.142 e. The first-order valence-corrected chi connectivity index (χ1v) is 5.88. The molecule has 0 saturated carbocycles. The van der Waals surface area contributed by atoms with E-state index in [1.807, 2.05) is 17.8 Å². The predicted octanol–water partition coefficient (Wildman–Crippen LogP) is 2.42. The molecule has 3 nitrogen and oxygen atoms in total. The van der Waals surface area contributed by atoms with Gasteiger partial charge in [0.05, 0.1) is 0 Å². The Labute approximate surface area is 88.7 Å². The number of pyridine rings is 1. The minimum Gasteiger partial charge on any atom is -0.368 e. The second kappa shape index (κ2) is 4.09. The molecule has 76 valence electrons. The Bertz CT molecular complexity index is 325. The van der Waals surface area contributed by atoms with Crippen molar-refractivity contribution in [3.8, 4) is 0 Å². The van der Waals surface area contributed by atoms with Crippen molar-refractivity contribution >= 4 is 23.4 Å². The summed E-state index contributed by atoms with van der Waals surface area (Å²) in [5.41, 5.74) is 0. The summed E-state index contributed by atoms with van der Waals surface area (Å²) in [6.45, 7) is 5.24. The van der Waals surface area contributed by atoms with Crippen LogP contribution in [0.3, 0.4) is 0 Å². The molecule has 0 aliphatic carbocycles. The fourth-order valence-electron chi connectivity index (χ4n) is 1.40. The van der Waals surface area contributed by atoms with Gasteiger partial charge in [-0.15, -0.1) is 11.8 Å². The lowest BCUT2D eigenvalue weighted by atomic mass is 10.3. The van der Waals surface area contributed by atoms with Crippen molar-refractivity contribution in [3.63, 3.8) is 0 Å². The summed E-state index contributed by atoms with van der Waals surface area (Å²) in [6.07, 6.45) is 0. The largest absolute Gasteiger partial charge is 0.368 e. The highest BCUT2D eigenvalue weighted by atomic mass is 32.2. The lowest BCUT2D eigenvalue weighted by Crippen LogP contribution is -2.15. The third kappa shape index (κ3) is 2.12. The summed E-state index contributed by atoms with van der Waals surface area (Å²) in [5.74, 6) is 3.10. The van der Waals surface area contributed by atoms with Gasteiger partial charge in [0, 0.05) is 23.2 Å². The number of thioether (sulfide) groups is 1. The van der Waals surface area contributed by atoms with Crippen molar-refractivity contribution in [2.24, 2.45) is 0 Å². The van der Waals surface area contributed by atoms with Crippen molar-refractivity contribution < 1.29 is 0 Å². The first-order valence-electron chi connectivity index (χ1n) is 4.90. The molecule has 1 aromatic rings. The molecule has 0 atom stereocenters. The lowest BCUT2D eigenvalue weighted by molar-refractivity contribution is 0.887. The topological polar surface area (TPSA) is 37.0 Å². The Hall–Kier alpha value is -0.900. The molecule has 1 aromatic heterocycles. The molecule has 0 saturated heterocycles. The number of aromatic nitrogens is 1. The average Bonchev–Trinajstić information content (AvgIpc) is 2.17. The van der Waals surface area contributed by atoms with Crippen molar-refractivity contribution in [1.29, 1.82) is 0 Å². The maximum atomic E-state index is 4.51. The van der Waals surface area contributed by atoms with E-state index in [2.05, 4.69) is 35.5 Å². The summed E-state index contributed by atoms with van der Waals surface area (Å²) < 4.78 is 0. The standard InChI is InChI=1S/C10H15N3S/c1-7(2)12-9-4-3-8-10(13-9)11-5-6-14-8/h3-4,7H,5-6H2,1-2H3,(H2,11,12,13). The molecule has 4 heteroatoms. The van der Waals surface area contributed by atoms with Gasteiger partial charge in [-0.1, -0.05) is 0 Å². The van der Waals surface area contributed by atoms with Crippen LogP contribution in [0.15, 0.2) is 17.0 Å². The second-order valence-electron chi connectivity index (χ2n) is 3.62. The first kappa shape index (κ1) is 9.65. The van der Waals surface area contributed by atoms with Crippen LogP contribution < -0.4 is 10.6 Å². The predicted molar refractivity (Wildman–Crippen MR) is 62.2 cm³/mol. The molecule has 0 fully saturated rings. The van der Waals surface area contributed by atoms with E-state index in [9.17, 15) is 0 Å². The zero-order valence-corrected chi connectivity index (χ0v) is 9.32. The van der Waals surface area contributed by atoms with Crippen LogP contribution in [-0.2, 0) is 0 Å². The summed E-state index contributed by atoms with van der Waals surface area (Å²) in [4.78, 5) is 5.77. The van der Waals surface area contributed by atoms with Crippen LogP contribution in [0.2, 0.25) is 0 Å². The molecule has 0 spiro atoms. The second-order valence-corrected chi connectivity index (χ2v) is 4.75. The zero-order valence-electron chi connectivity index (χ0n) is 8.50. The highest BCUT2D eigenvalue weighted by Crippen LogP contribution is 2.30. The Balaban J connectivity index is 2.20. The molecule has 2 rings (SSSR count). The Morgan fingerprint density at radius 2 is 2.36 bits per heavy atom. The van der Waals surface area contributed by atoms with E-state index in [1.165, 1.54) is 4.90 Å². The number of nitrogens with zero attached hydrogens (tertiary/aromatic N) is 1. The van der Waals surface area contributed by atoms with Crippen LogP contribution in [0.1, 0.15) is 13.8 Å². The van der Waals surface area contributed by atoms with Gasteiger partial charge < -0.3 is 10.6 Å². The molecule has 14 heavy (non-hydrogen) atoms. The fraction of sp³-hybridized carbons (Fsp3) is 0.500. The molecule has 0 amide bonds. The Morgan fingerprint density at radius 1 is 1.50 bits per heavy atom. The molecule has 0 radical (unpaired) electrons.